The first-order valence-corrected chi connectivity index (χ1v) is 7.47. The Bertz CT molecular complexity index is 571. The number of halogens is 1. The summed E-state index contributed by atoms with van der Waals surface area (Å²) in [7, 11) is 0. The highest BCUT2D eigenvalue weighted by Crippen LogP contribution is 2.31. The molecule has 0 atom stereocenters. The Kier molecular flexibility index (Phi) is 6.47. The lowest BCUT2D eigenvalue weighted by Gasteiger charge is -2.12. The van der Waals surface area contributed by atoms with Crippen LogP contribution in [0.2, 0.25) is 0 Å². The summed E-state index contributed by atoms with van der Waals surface area (Å²) in [6, 6.07) is 5.67. The van der Waals surface area contributed by atoms with Gasteiger partial charge in [-0.05, 0) is 36.6 Å². The maximum Gasteiger partial charge on any atom is 0.221 e. The van der Waals surface area contributed by atoms with Crippen LogP contribution >= 0.6 is 15.9 Å². The molecular weight excluding hydrogens is 316 g/mol. The van der Waals surface area contributed by atoms with E-state index in [0.29, 0.717) is 11.3 Å². The smallest absolute Gasteiger partial charge is 0.221 e. The summed E-state index contributed by atoms with van der Waals surface area (Å²) in [5.41, 5.74) is 3.13. The molecule has 0 fully saturated rings. The fourth-order valence-corrected chi connectivity index (χ4v) is 2.53. The number of allylic oxidation sites excluding steroid dienone is 1. The van der Waals surface area contributed by atoms with Crippen molar-refractivity contribution in [1.29, 1.82) is 5.26 Å². The number of rotatable bonds is 5. The van der Waals surface area contributed by atoms with Gasteiger partial charge in [-0.3, -0.25) is 4.79 Å². The van der Waals surface area contributed by atoms with Gasteiger partial charge in [0.1, 0.15) is 0 Å². The van der Waals surface area contributed by atoms with Crippen LogP contribution in [-0.2, 0) is 4.79 Å². The number of hydrogen-bond acceptors (Lipinski definition) is 2. The molecule has 1 amide bonds. The number of carbonyl (C=O) groups is 1. The van der Waals surface area contributed by atoms with Crippen molar-refractivity contribution in [3.8, 4) is 6.07 Å². The van der Waals surface area contributed by atoms with Crippen molar-refractivity contribution in [3.63, 3.8) is 0 Å². The average Bonchev–Trinajstić information content (AvgIpc) is 2.40. The van der Waals surface area contributed by atoms with Gasteiger partial charge in [0, 0.05) is 17.1 Å². The third-order valence-electron chi connectivity index (χ3n) is 2.99. The Morgan fingerprint density at radius 3 is 2.75 bits per heavy atom. The van der Waals surface area contributed by atoms with Crippen LogP contribution < -0.4 is 5.32 Å². The van der Waals surface area contributed by atoms with Crippen molar-refractivity contribution in [3.05, 3.63) is 34.9 Å². The maximum atomic E-state index is 11.2. The van der Waals surface area contributed by atoms with Crippen LogP contribution in [0.15, 0.2) is 18.2 Å². The summed E-state index contributed by atoms with van der Waals surface area (Å²) in [6.07, 6.45) is 5.38. The first-order valence-electron chi connectivity index (χ1n) is 6.68. The van der Waals surface area contributed by atoms with Crippen molar-refractivity contribution in [2.24, 2.45) is 0 Å². The van der Waals surface area contributed by atoms with Crippen LogP contribution in [0.25, 0.3) is 4.48 Å². The summed E-state index contributed by atoms with van der Waals surface area (Å²) in [5.74, 6) is -0.139. The van der Waals surface area contributed by atoms with Crippen molar-refractivity contribution in [2.45, 2.75) is 40.0 Å². The van der Waals surface area contributed by atoms with Gasteiger partial charge in [0.15, 0.2) is 0 Å². The Labute approximate surface area is 128 Å². The van der Waals surface area contributed by atoms with E-state index >= 15 is 0 Å². The maximum absolute atomic E-state index is 11.2. The number of nitrogens with one attached hydrogen (secondary N) is 1. The second kappa shape index (κ2) is 7.86. The lowest BCUT2D eigenvalue weighted by Crippen LogP contribution is -2.08. The highest BCUT2D eigenvalue weighted by atomic mass is 79.9. The zero-order valence-electron chi connectivity index (χ0n) is 12.1. The zero-order chi connectivity index (χ0) is 15.1. The normalized spacial score (nSPS) is 11.1. The Hall–Kier alpha value is -1.60. The fourth-order valence-electron chi connectivity index (χ4n) is 1.89. The highest BCUT2D eigenvalue weighted by molar-refractivity contribution is 9.15. The molecule has 20 heavy (non-hydrogen) atoms. The van der Waals surface area contributed by atoms with E-state index < -0.39 is 0 Å². The van der Waals surface area contributed by atoms with Crippen molar-refractivity contribution in [2.75, 3.05) is 5.32 Å². The molecule has 4 heteroatoms. The van der Waals surface area contributed by atoms with Gasteiger partial charge < -0.3 is 5.32 Å². The Balaban J connectivity index is 3.21. The van der Waals surface area contributed by atoms with Gasteiger partial charge in [-0.15, -0.1) is 0 Å². The minimum Gasteiger partial charge on any atom is -0.326 e. The molecule has 0 heterocycles. The van der Waals surface area contributed by atoms with E-state index in [4.69, 9.17) is 5.26 Å². The van der Waals surface area contributed by atoms with E-state index in [2.05, 4.69) is 40.3 Å². The lowest BCUT2D eigenvalue weighted by atomic mass is 10.0. The van der Waals surface area contributed by atoms with Crippen LogP contribution in [0.4, 0.5) is 5.69 Å². The van der Waals surface area contributed by atoms with Gasteiger partial charge in [-0.25, -0.2) is 0 Å². The molecule has 0 radical (unpaired) electrons. The first-order chi connectivity index (χ1) is 9.49. The largest absolute Gasteiger partial charge is 0.326 e. The van der Waals surface area contributed by atoms with Crippen LogP contribution in [0.1, 0.15) is 49.8 Å². The van der Waals surface area contributed by atoms with Crippen LogP contribution in [0.3, 0.4) is 0 Å². The van der Waals surface area contributed by atoms with Crippen molar-refractivity contribution in [1.82, 2.24) is 0 Å². The van der Waals surface area contributed by atoms with Gasteiger partial charge in [-0.2, -0.15) is 5.26 Å². The summed E-state index contributed by atoms with van der Waals surface area (Å²) in [5, 5.41) is 11.9. The summed E-state index contributed by atoms with van der Waals surface area (Å²) >= 11 is 3.57. The quantitative estimate of drug-likeness (QED) is 0.790. The molecule has 1 rings (SSSR count). The number of hydrogen-bond donors (Lipinski definition) is 1. The molecule has 0 unspecified atom stereocenters. The van der Waals surface area contributed by atoms with E-state index in [9.17, 15) is 4.79 Å². The summed E-state index contributed by atoms with van der Waals surface area (Å²) in [4.78, 5) is 11.2. The van der Waals surface area contributed by atoms with E-state index in [-0.39, 0.29) is 5.91 Å². The number of unbranched alkanes of at least 4 members (excludes halogenated alkanes) is 2. The number of amides is 1. The number of anilines is 1. The average molecular weight is 335 g/mol. The van der Waals surface area contributed by atoms with Crippen LogP contribution in [-0.4, -0.2) is 5.91 Å². The molecule has 0 aromatic heterocycles. The van der Waals surface area contributed by atoms with Crippen LogP contribution in [0.5, 0.6) is 0 Å². The Morgan fingerprint density at radius 1 is 1.50 bits per heavy atom. The number of carbonyl (C=O) groups excluding carboxylic acids is 1. The molecule has 1 aromatic rings. The topological polar surface area (TPSA) is 52.9 Å². The van der Waals surface area contributed by atoms with Gasteiger partial charge in [0.25, 0.3) is 0 Å². The fraction of sp³-hybridized carbons (Fsp3) is 0.375. The van der Waals surface area contributed by atoms with Crippen LogP contribution in [0, 0.1) is 18.3 Å². The van der Waals surface area contributed by atoms with Gasteiger partial charge >= 0.3 is 0 Å². The molecule has 0 aliphatic rings. The van der Waals surface area contributed by atoms with Gasteiger partial charge in [0.05, 0.1) is 11.6 Å². The van der Waals surface area contributed by atoms with E-state index in [1.54, 1.807) is 6.07 Å². The molecule has 0 saturated carbocycles. The molecule has 0 aliphatic carbocycles. The minimum absolute atomic E-state index is 0.139. The second-order valence-corrected chi connectivity index (χ2v) is 5.54. The molecule has 106 valence electrons. The lowest BCUT2D eigenvalue weighted by molar-refractivity contribution is -0.114. The predicted octanol–water partition coefficient (Wildman–Crippen LogP) is 4.75. The molecule has 0 aliphatic heterocycles. The van der Waals surface area contributed by atoms with Gasteiger partial charge in [0.2, 0.25) is 5.91 Å². The third kappa shape index (κ3) is 4.50. The number of nitrogens with zero attached hydrogens (tertiary/aromatic N) is 1. The monoisotopic (exact) mass is 334 g/mol. The molecule has 1 N–H and O–H groups in total. The summed E-state index contributed by atoms with van der Waals surface area (Å²) in [6.45, 7) is 5.55. The molecular formula is C16H19BrN2O. The van der Waals surface area contributed by atoms with E-state index in [1.807, 2.05) is 13.0 Å². The number of benzene rings is 1. The second-order valence-electron chi connectivity index (χ2n) is 4.68. The van der Waals surface area contributed by atoms with Gasteiger partial charge in [-0.1, -0.05) is 41.8 Å². The molecule has 0 spiro atoms. The Morgan fingerprint density at radius 2 is 2.20 bits per heavy atom. The first kappa shape index (κ1) is 16.5. The molecule has 3 nitrogen and oxygen atoms in total. The summed E-state index contributed by atoms with van der Waals surface area (Å²) < 4.78 is 0.965. The molecule has 0 bridgehead atoms. The van der Waals surface area contributed by atoms with E-state index in [0.717, 1.165) is 34.9 Å². The predicted molar refractivity (Wildman–Crippen MR) is 86.6 cm³/mol. The highest BCUT2D eigenvalue weighted by Gasteiger charge is 2.10. The van der Waals surface area contributed by atoms with Crippen molar-refractivity contribution < 1.29 is 4.79 Å². The third-order valence-corrected chi connectivity index (χ3v) is 3.74. The number of nitriles is 1. The molecule has 1 aromatic carbocycles. The standard InChI is InChI=1S/C16H19BrN2O/c1-4-5-6-7-15(17)14-8-13(10-18)9-16(11(14)2)19-12(3)20/h7-9H,4-6H2,1-3H3,(H,19,20)/b15-7+. The zero-order valence-corrected chi connectivity index (χ0v) is 13.7. The van der Waals surface area contributed by atoms with E-state index in [1.165, 1.54) is 6.92 Å². The SMILES string of the molecule is CCCC/C=C(/Br)c1cc(C#N)cc(NC(C)=O)c1C. The minimum atomic E-state index is -0.139. The van der Waals surface area contributed by atoms with Crippen molar-refractivity contribution >= 4 is 32.0 Å². The molecule has 0 saturated heterocycles.